The number of ether oxygens (including phenoxy) is 1. The molecule has 3 nitrogen and oxygen atoms in total. The van der Waals surface area contributed by atoms with Gasteiger partial charge in [-0.05, 0) is 0 Å². The number of aliphatic hydroxyl groups excluding tert-OH is 1. The van der Waals surface area contributed by atoms with Crippen LogP contribution in [0.3, 0.4) is 0 Å². The van der Waals surface area contributed by atoms with Crippen molar-refractivity contribution in [2.45, 2.75) is 6.42 Å². The Bertz CT molecular complexity index is 126. The van der Waals surface area contributed by atoms with Crippen LogP contribution in [0.1, 0.15) is 6.42 Å². The van der Waals surface area contributed by atoms with Gasteiger partial charge in [0, 0.05) is 0 Å². The Morgan fingerprint density at radius 1 is 1.50 bits per heavy atom. The van der Waals surface area contributed by atoms with Crippen molar-refractivity contribution in [1.82, 2.24) is 0 Å². The smallest absolute Gasteiger partial charge is 0.0648 e. The summed E-state index contributed by atoms with van der Waals surface area (Å²) >= 11 is 0. The van der Waals surface area contributed by atoms with Gasteiger partial charge in [0.15, 0.2) is 0 Å². The van der Waals surface area contributed by atoms with E-state index in [2.05, 4.69) is 0 Å². The van der Waals surface area contributed by atoms with Crippen LogP contribution in [0.4, 0.5) is 0 Å². The molecule has 0 aromatic heterocycles. The Hall–Kier alpha value is -0.850. The van der Waals surface area contributed by atoms with Crippen LogP contribution < -0.4 is 0 Å². The molecule has 0 unspecified atom stereocenters. The van der Waals surface area contributed by atoms with E-state index >= 15 is 0 Å². The highest BCUT2D eigenvalue weighted by molar-refractivity contribution is 4.80. The minimum absolute atomic E-state index is 0.0433. The van der Waals surface area contributed by atoms with Gasteiger partial charge in [-0.3, -0.25) is 0 Å². The summed E-state index contributed by atoms with van der Waals surface area (Å²) in [5, 5.41) is 16.4. The minimum atomic E-state index is 0.0433. The van der Waals surface area contributed by atoms with E-state index < -0.39 is 0 Å². The first-order chi connectivity index (χ1) is 4.91. The first-order valence-electron chi connectivity index (χ1n) is 3.12. The van der Waals surface area contributed by atoms with Crippen molar-refractivity contribution in [3.05, 3.63) is 12.2 Å². The quantitative estimate of drug-likeness (QED) is 0.447. The van der Waals surface area contributed by atoms with Gasteiger partial charge in [-0.15, -0.1) is 0 Å². The first-order valence-corrected chi connectivity index (χ1v) is 3.12. The summed E-state index contributed by atoms with van der Waals surface area (Å²) < 4.78 is 4.96. The summed E-state index contributed by atoms with van der Waals surface area (Å²) in [4.78, 5) is 0. The van der Waals surface area contributed by atoms with Gasteiger partial charge in [0.05, 0.1) is 32.3 Å². The third kappa shape index (κ3) is 7.15. The molecule has 1 N–H and O–H groups in total. The maximum atomic E-state index is 8.27. The van der Waals surface area contributed by atoms with Crippen LogP contribution in [-0.4, -0.2) is 24.9 Å². The highest BCUT2D eigenvalue weighted by atomic mass is 16.5. The molecule has 0 radical (unpaired) electrons. The number of hydrogen-bond acceptors (Lipinski definition) is 3. The minimum Gasteiger partial charge on any atom is -0.392 e. The maximum Gasteiger partial charge on any atom is 0.0648 e. The molecule has 0 amide bonds. The molecule has 0 aliphatic heterocycles. The van der Waals surface area contributed by atoms with Crippen LogP contribution in [0.5, 0.6) is 0 Å². The van der Waals surface area contributed by atoms with Crippen molar-refractivity contribution in [1.29, 1.82) is 5.26 Å². The fourth-order valence-electron chi connectivity index (χ4n) is 0.412. The molecule has 0 rings (SSSR count). The predicted octanol–water partition coefficient (Wildman–Crippen LogP) is 0.465. The average Bonchev–Trinajstić information content (AvgIpc) is 1.97. The van der Waals surface area contributed by atoms with Crippen molar-refractivity contribution < 1.29 is 9.84 Å². The van der Waals surface area contributed by atoms with Crippen molar-refractivity contribution in [3.8, 4) is 6.07 Å². The number of nitrogens with zero attached hydrogens (tertiary/aromatic N) is 1. The SMILES string of the molecule is N#CCCOC/C=C/CO. The van der Waals surface area contributed by atoms with Gasteiger partial charge >= 0.3 is 0 Å². The van der Waals surface area contributed by atoms with Crippen LogP contribution in [0.15, 0.2) is 12.2 Å². The largest absolute Gasteiger partial charge is 0.392 e. The zero-order valence-electron chi connectivity index (χ0n) is 5.79. The normalized spacial score (nSPS) is 10.0. The summed E-state index contributed by atoms with van der Waals surface area (Å²) in [6.45, 7) is 0.982. The fourth-order valence-corrected chi connectivity index (χ4v) is 0.412. The van der Waals surface area contributed by atoms with Crippen LogP contribution in [0, 0.1) is 11.3 Å². The maximum absolute atomic E-state index is 8.27. The van der Waals surface area contributed by atoms with Crippen LogP contribution in [-0.2, 0) is 4.74 Å². The zero-order chi connectivity index (χ0) is 7.66. The van der Waals surface area contributed by atoms with Crippen LogP contribution >= 0.6 is 0 Å². The molecule has 0 bridgehead atoms. The van der Waals surface area contributed by atoms with Crippen molar-refractivity contribution in [3.63, 3.8) is 0 Å². The first kappa shape index (κ1) is 9.15. The predicted molar refractivity (Wildman–Crippen MR) is 37.3 cm³/mol. The summed E-state index contributed by atoms with van der Waals surface area (Å²) in [6.07, 6.45) is 3.75. The lowest BCUT2D eigenvalue weighted by Crippen LogP contribution is -1.92. The number of nitriles is 1. The van der Waals surface area contributed by atoms with Crippen LogP contribution in [0.2, 0.25) is 0 Å². The molecule has 0 saturated carbocycles. The molecule has 56 valence electrons. The Kier molecular flexibility index (Phi) is 7.46. The van der Waals surface area contributed by atoms with E-state index in [-0.39, 0.29) is 6.61 Å². The van der Waals surface area contributed by atoms with E-state index in [1.807, 2.05) is 6.07 Å². The van der Waals surface area contributed by atoms with Crippen molar-refractivity contribution in [2.24, 2.45) is 0 Å². The molecule has 0 aromatic rings. The second-order valence-corrected chi connectivity index (χ2v) is 1.64. The van der Waals surface area contributed by atoms with Crippen LogP contribution in [0.25, 0.3) is 0 Å². The molecule has 0 fully saturated rings. The fraction of sp³-hybridized carbons (Fsp3) is 0.571. The Balaban J connectivity index is 2.92. The number of rotatable bonds is 5. The summed E-state index contributed by atoms with van der Waals surface area (Å²) in [6, 6.07) is 1.96. The molecule has 0 atom stereocenters. The lowest BCUT2D eigenvalue weighted by atomic mass is 10.5. The molecule has 0 heterocycles. The Morgan fingerprint density at radius 3 is 2.90 bits per heavy atom. The van der Waals surface area contributed by atoms with Gasteiger partial charge in [-0.2, -0.15) is 5.26 Å². The molecule has 10 heavy (non-hydrogen) atoms. The Labute approximate surface area is 60.5 Å². The summed E-state index contributed by atoms with van der Waals surface area (Å²) in [5.74, 6) is 0. The number of aliphatic hydroxyl groups is 1. The van der Waals surface area contributed by atoms with Gasteiger partial charge in [0.2, 0.25) is 0 Å². The van der Waals surface area contributed by atoms with Crippen molar-refractivity contribution in [2.75, 3.05) is 19.8 Å². The van der Waals surface area contributed by atoms with E-state index in [0.717, 1.165) is 0 Å². The van der Waals surface area contributed by atoms with Gasteiger partial charge in [-0.1, -0.05) is 12.2 Å². The van der Waals surface area contributed by atoms with E-state index in [0.29, 0.717) is 19.6 Å². The molecule has 0 aliphatic carbocycles. The van der Waals surface area contributed by atoms with E-state index in [1.165, 1.54) is 0 Å². The highest BCUT2D eigenvalue weighted by Crippen LogP contribution is 1.80. The second kappa shape index (κ2) is 8.15. The molecule has 0 aromatic carbocycles. The van der Waals surface area contributed by atoms with Gasteiger partial charge in [0.1, 0.15) is 0 Å². The topological polar surface area (TPSA) is 53.2 Å². The third-order valence-electron chi connectivity index (χ3n) is 0.844. The third-order valence-corrected chi connectivity index (χ3v) is 0.844. The lowest BCUT2D eigenvalue weighted by molar-refractivity contribution is 0.168. The highest BCUT2D eigenvalue weighted by Gasteiger charge is 1.81. The Morgan fingerprint density at radius 2 is 2.30 bits per heavy atom. The summed E-state index contributed by atoms with van der Waals surface area (Å²) in [7, 11) is 0. The van der Waals surface area contributed by atoms with E-state index in [4.69, 9.17) is 15.1 Å². The molecular weight excluding hydrogens is 130 g/mol. The average molecular weight is 141 g/mol. The zero-order valence-corrected chi connectivity index (χ0v) is 5.79. The molecular formula is C7H11NO2. The standard InChI is InChI=1S/C7H11NO2/c8-4-3-7-10-6-2-1-5-9/h1-2,9H,3,5-7H2/b2-1+. The monoisotopic (exact) mass is 141 g/mol. The van der Waals surface area contributed by atoms with Gasteiger partial charge in [0.25, 0.3) is 0 Å². The summed E-state index contributed by atoms with van der Waals surface area (Å²) in [5.41, 5.74) is 0. The van der Waals surface area contributed by atoms with E-state index in [1.54, 1.807) is 12.2 Å². The van der Waals surface area contributed by atoms with Gasteiger partial charge in [-0.25, -0.2) is 0 Å². The molecule has 0 aliphatic rings. The second-order valence-electron chi connectivity index (χ2n) is 1.64. The molecule has 0 saturated heterocycles. The lowest BCUT2D eigenvalue weighted by Gasteiger charge is -1.93. The number of hydrogen-bond donors (Lipinski definition) is 1. The molecule has 3 heteroatoms. The van der Waals surface area contributed by atoms with E-state index in [9.17, 15) is 0 Å². The van der Waals surface area contributed by atoms with Gasteiger partial charge < -0.3 is 9.84 Å². The van der Waals surface area contributed by atoms with Crippen molar-refractivity contribution >= 4 is 0 Å². The molecule has 0 spiro atoms.